The Hall–Kier alpha value is -1.39. The van der Waals surface area contributed by atoms with E-state index in [0.717, 1.165) is 7.11 Å². The van der Waals surface area contributed by atoms with Crippen molar-refractivity contribution in [2.75, 3.05) is 13.7 Å². The highest BCUT2D eigenvalue weighted by molar-refractivity contribution is 6.18. The van der Waals surface area contributed by atoms with Crippen molar-refractivity contribution in [3.63, 3.8) is 0 Å². The number of hydrogen-bond acceptors (Lipinski definition) is 5. The van der Waals surface area contributed by atoms with Gasteiger partial charge in [0.2, 0.25) is 5.92 Å². The first-order chi connectivity index (χ1) is 5.16. The van der Waals surface area contributed by atoms with E-state index in [0.29, 0.717) is 0 Å². The van der Waals surface area contributed by atoms with Gasteiger partial charge in [-0.25, -0.2) is 0 Å². The highest BCUT2D eigenvalue weighted by Gasteiger charge is 2.42. The fraction of sp³-hybridized carbons (Fsp3) is 0.500. The average molecular weight is 158 g/mol. The second kappa shape index (κ2) is 2.69. The summed E-state index contributed by atoms with van der Waals surface area (Å²) in [5.74, 6) is -3.55. The Morgan fingerprint density at radius 3 is 2.64 bits per heavy atom. The van der Waals surface area contributed by atoms with E-state index < -0.39 is 23.6 Å². The van der Waals surface area contributed by atoms with Crippen LogP contribution in [0.3, 0.4) is 0 Å². The number of Topliss-reactive ketones (excluding diaryl/α,β-unsaturated/α-hetero) is 1. The maximum absolute atomic E-state index is 10.7. The number of esters is 2. The molecule has 1 heterocycles. The second-order valence-electron chi connectivity index (χ2n) is 2.03. The van der Waals surface area contributed by atoms with E-state index in [1.807, 2.05) is 0 Å². The fourth-order valence-electron chi connectivity index (χ4n) is 0.786. The van der Waals surface area contributed by atoms with Crippen molar-refractivity contribution in [1.82, 2.24) is 0 Å². The molecule has 1 aliphatic heterocycles. The molecule has 0 bridgehead atoms. The molecule has 0 unspecified atom stereocenters. The summed E-state index contributed by atoms with van der Waals surface area (Å²) in [6.07, 6.45) is 0. The van der Waals surface area contributed by atoms with Gasteiger partial charge in [-0.15, -0.1) is 0 Å². The predicted molar refractivity (Wildman–Crippen MR) is 31.5 cm³/mol. The van der Waals surface area contributed by atoms with Gasteiger partial charge in [0, 0.05) is 0 Å². The molecule has 0 N–H and O–H groups in total. The van der Waals surface area contributed by atoms with Crippen LogP contribution in [-0.2, 0) is 23.9 Å². The minimum atomic E-state index is -1.35. The number of hydrogen-bond donors (Lipinski definition) is 0. The van der Waals surface area contributed by atoms with E-state index in [1.165, 1.54) is 0 Å². The van der Waals surface area contributed by atoms with Crippen LogP contribution in [0.5, 0.6) is 0 Å². The van der Waals surface area contributed by atoms with Gasteiger partial charge in [0.05, 0.1) is 7.11 Å². The van der Waals surface area contributed by atoms with Gasteiger partial charge >= 0.3 is 11.9 Å². The highest BCUT2D eigenvalue weighted by Crippen LogP contribution is 2.11. The number of carbonyl (C=O) groups is 3. The van der Waals surface area contributed by atoms with Gasteiger partial charge < -0.3 is 9.47 Å². The minimum Gasteiger partial charge on any atom is -0.468 e. The van der Waals surface area contributed by atoms with Crippen molar-refractivity contribution >= 4 is 17.7 Å². The first-order valence-electron chi connectivity index (χ1n) is 2.94. The number of carbonyl (C=O) groups excluding carboxylic acids is 3. The third kappa shape index (κ3) is 1.21. The van der Waals surface area contributed by atoms with Crippen LogP contribution < -0.4 is 0 Å². The molecule has 0 aromatic heterocycles. The number of ketones is 1. The van der Waals surface area contributed by atoms with Crippen LogP contribution in [0.4, 0.5) is 0 Å². The number of rotatable bonds is 1. The van der Waals surface area contributed by atoms with Crippen molar-refractivity contribution in [3.05, 3.63) is 0 Å². The summed E-state index contributed by atoms with van der Waals surface area (Å²) in [5.41, 5.74) is 0. The predicted octanol–water partition coefficient (Wildman–Crippen LogP) is -1.10. The van der Waals surface area contributed by atoms with Gasteiger partial charge in [-0.05, 0) is 0 Å². The summed E-state index contributed by atoms with van der Waals surface area (Å²) in [4.78, 5) is 32.1. The average Bonchev–Trinajstić information content (AvgIpc) is 2.30. The normalized spacial score (nSPS) is 23.2. The maximum atomic E-state index is 10.7. The minimum absolute atomic E-state index is 0.321. The Balaban J connectivity index is 2.76. The summed E-state index contributed by atoms with van der Waals surface area (Å²) >= 11 is 0. The zero-order chi connectivity index (χ0) is 8.43. The summed E-state index contributed by atoms with van der Waals surface area (Å²) in [7, 11) is 1.11. The zero-order valence-corrected chi connectivity index (χ0v) is 5.83. The van der Waals surface area contributed by atoms with E-state index in [9.17, 15) is 14.4 Å². The highest BCUT2D eigenvalue weighted by atomic mass is 16.6. The quantitative estimate of drug-likeness (QED) is 0.358. The molecule has 1 aliphatic rings. The van der Waals surface area contributed by atoms with E-state index in [1.54, 1.807) is 0 Å². The topological polar surface area (TPSA) is 69.7 Å². The van der Waals surface area contributed by atoms with Crippen LogP contribution in [0.15, 0.2) is 0 Å². The van der Waals surface area contributed by atoms with Crippen molar-refractivity contribution in [2.45, 2.75) is 0 Å². The molecular weight excluding hydrogens is 152 g/mol. The molecule has 11 heavy (non-hydrogen) atoms. The van der Waals surface area contributed by atoms with Crippen LogP contribution in [0.2, 0.25) is 0 Å². The lowest BCUT2D eigenvalue weighted by molar-refractivity contribution is -0.154. The second-order valence-corrected chi connectivity index (χ2v) is 2.03. The van der Waals surface area contributed by atoms with Crippen molar-refractivity contribution in [2.24, 2.45) is 5.92 Å². The van der Waals surface area contributed by atoms with Gasteiger partial charge in [-0.1, -0.05) is 0 Å². The SMILES string of the molecule is COC(=O)[C@@H]1C(=O)COC1=O. The lowest BCUT2D eigenvalue weighted by Crippen LogP contribution is -2.26. The van der Waals surface area contributed by atoms with Crippen LogP contribution in [0, 0.1) is 5.92 Å². The molecule has 0 aromatic rings. The maximum Gasteiger partial charge on any atom is 0.328 e. The van der Waals surface area contributed by atoms with Crippen molar-refractivity contribution < 1.29 is 23.9 Å². The molecule has 0 aromatic carbocycles. The van der Waals surface area contributed by atoms with Gasteiger partial charge in [0.1, 0.15) is 0 Å². The molecule has 1 atom stereocenters. The molecule has 0 aliphatic carbocycles. The fourth-order valence-corrected chi connectivity index (χ4v) is 0.786. The number of methoxy groups -OCH3 is 1. The molecule has 0 radical (unpaired) electrons. The van der Waals surface area contributed by atoms with Gasteiger partial charge in [0.25, 0.3) is 0 Å². The van der Waals surface area contributed by atoms with Crippen LogP contribution in [-0.4, -0.2) is 31.4 Å². The summed E-state index contributed by atoms with van der Waals surface area (Å²) in [6.45, 7) is -0.321. The molecular formula is C6H6O5. The van der Waals surface area contributed by atoms with Crippen molar-refractivity contribution in [3.8, 4) is 0 Å². The van der Waals surface area contributed by atoms with Crippen LogP contribution in [0.1, 0.15) is 0 Å². The smallest absolute Gasteiger partial charge is 0.328 e. The van der Waals surface area contributed by atoms with Gasteiger partial charge in [-0.3, -0.25) is 14.4 Å². The van der Waals surface area contributed by atoms with E-state index in [4.69, 9.17) is 0 Å². The third-order valence-electron chi connectivity index (χ3n) is 1.35. The Morgan fingerprint density at radius 2 is 2.27 bits per heavy atom. The molecule has 0 amide bonds. The van der Waals surface area contributed by atoms with Crippen LogP contribution in [0.25, 0.3) is 0 Å². The molecule has 5 heteroatoms. The number of cyclic esters (lactones) is 1. The Labute approximate surface area is 62.3 Å². The molecule has 1 fully saturated rings. The van der Waals surface area contributed by atoms with Crippen LogP contribution >= 0.6 is 0 Å². The molecule has 1 rings (SSSR count). The monoisotopic (exact) mass is 158 g/mol. The van der Waals surface area contributed by atoms with Gasteiger partial charge in [0.15, 0.2) is 12.4 Å². The lowest BCUT2D eigenvalue weighted by atomic mass is 10.1. The van der Waals surface area contributed by atoms with Crippen molar-refractivity contribution in [1.29, 1.82) is 0 Å². The molecule has 0 spiro atoms. The lowest BCUT2D eigenvalue weighted by Gasteiger charge is -1.99. The standard InChI is InChI=1S/C6H6O5/c1-10-5(8)4-3(7)2-11-6(4)9/h4H,2H2,1H3/t4-/m0/s1. The van der Waals surface area contributed by atoms with Gasteiger partial charge in [-0.2, -0.15) is 0 Å². The Kier molecular flexibility index (Phi) is 1.89. The molecule has 60 valence electrons. The molecule has 1 saturated heterocycles. The Morgan fingerprint density at radius 1 is 1.64 bits per heavy atom. The first kappa shape index (κ1) is 7.71. The van der Waals surface area contributed by atoms with E-state index in [2.05, 4.69) is 9.47 Å². The number of ether oxygens (including phenoxy) is 2. The first-order valence-corrected chi connectivity index (χ1v) is 2.94. The summed E-state index contributed by atoms with van der Waals surface area (Å²) in [6, 6.07) is 0. The summed E-state index contributed by atoms with van der Waals surface area (Å²) < 4.78 is 8.53. The molecule has 5 nitrogen and oxygen atoms in total. The largest absolute Gasteiger partial charge is 0.468 e. The zero-order valence-electron chi connectivity index (χ0n) is 5.83. The van der Waals surface area contributed by atoms with E-state index >= 15 is 0 Å². The summed E-state index contributed by atoms with van der Waals surface area (Å²) in [5, 5.41) is 0. The molecule has 0 saturated carbocycles. The third-order valence-corrected chi connectivity index (χ3v) is 1.35. The Bertz CT molecular complexity index is 203. The van der Waals surface area contributed by atoms with E-state index in [-0.39, 0.29) is 6.61 Å².